The van der Waals surface area contributed by atoms with Gasteiger partial charge in [-0.2, -0.15) is 5.10 Å². The van der Waals surface area contributed by atoms with Gasteiger partial charge >= 0.3 is 0 Å². The average molecular weight is 211 g/mol. The van der Waals surface area contributed by atoms with Crippen LogP contribution in [0.15, 0.2) is 12.7 Å². The molecule has 0 unspecified atom stereocenters. The van der Waals surface area contributed by atoms with Crippen molar-refractivity contribution in [1.29, 1.82) is 0 Å². The van der Waals surface area contributed by atoms with Crippen molar-refractivity contribution in [3.05, 3.63) is 12.7 Å². The average Bonchev–Trinajstić information content (AvgIpc) is 2.68. The van der Waals surface area contributed by atoms with Gasteiger partial charge in [0, 0.05) is 7.05 Å². The summed E-state index contributed by atoms with van der Waals surface area (Å²) in [5, 5.41) is 8.74. The lowest BCUT2D eigenvalue weighted by Crippen LogP contribution is -2.44. The molecule has 0 aliphatic heterocycles. The molecule has 2 N–H and O–H groups in total. The summed E-state index contributed by atoms with van der Waals surface area (Å²) in [6.45, 7) is 1.67. The fraction of sp³-hybridized carbons (Fsp3) is 0.500. The predicted octanol–water partition coefficient (Wildman–Crippen LogP) is -1.47. The first-order valence-corrected chi connectivity index (χ1v) is 4.47. The van der Waals surface area contributed by atoms with Gasteiger partial charge in [-0.25, -0.2) is 9.67 Å². The summed E-state index contributed by atoms with van der Waals surface area (Å²) in [7, 11) is 1.52. The Morgan fingerprint density at radius 3 is 2.80 bits per heavy atom. The van der Waals surface area contributed by atoms with Crippen LogP contribution in [0.1, 0.15) is 6.92 Å². The zero-order valence-electron chi connectivity index (χ0n) is 8.60. The van der Waals surface area contributed by atoms with Crippen LogP contribution in [-0.2, 0) is 16.1 Å². The van der Waals surface area contributed by atoms with Crippen molar-refractivity contribution in [3.8, 4) is 0 Å². The van der Waals surface area contributed by atoms with E-state index in [4.69, 9.17) is 0 Å². The molecule has 7 heteroatoms. The fourth-order valence-electron chi connectivity index (χ4n) is 1.03. The Kier molecular flexibility index (Phi) is 3.78. The molecule has 0 aromatic carbocycles. The van der Waals surface area contributed by atoms with Gasteiger partial charge in [-0.3, -0.25) is 9.59 Å². The molecule has 0 saturated heterocycles. The Bertz CT molecular complexity index is 335. The van der Waals surface area contributed by atoms with Crippen molar-refractivity contribution in [2.45, 2.75) is 19.5 Å². The number of nitrogens with zero attached hydrogens (tertiary/aromatic N) is 3. The SMILES string of the molecule is CNC(=O)[C@@H](C)NC(=O)Cn1cncn1. The summed E-state index contributed by atoms with van der Waals surface area (Å²) in [5.41, 5.74) is 0. The third kappa shape index (κ3) is 3.37. The molecular weight excluding hydrogens is 198 g/mol. The van der Waals surface area contributed by atoms with Crippen molar-refractivity contribution >= 4 is 11.8 Å². The lowest BCUT2D eigenvalue weighted by atomic mass is 10.3. The third-order valence-corrected chi connectivity index (χ3v) is 1.79. The van der Waals surface area contributed by atoms with Crippen molar-refractivity contribution in [2.24, 2.45) is 0 Å². The number of aromatic nitrogens is 3. The topological polar surface area (TPSA) is 88.9 Å². The van der Waals surface area contributed by atoms with Crippen LogP contribution in [0, 0.1) is 0 Å². The maximum absolute atomic E-state index is 11.4. The van der Waals surface area contributed by atoms with Crippen LogP contribution in [0.3, 0.4) is 0 Å². The van der Waals surface area contributed by atoms with E-state index in [2.05, 4.69) is 20.7 Å². The van der Waals surface area contributed by atoms with Crippen molar-refractivity contribution in [3.63, 3.8) is 0 Å². The van der Waals surface area contributed by atoms with Crippen LogP contribution in [0.5, 0.6) is 0 Å². The highest BCUT2D eigenvalue weighted by Crippen LogP contribution is 1.85. The Morgan fingerprint density at radius 1 is 1.53 bits per heavy atom. The Morgan fingerprint density at radius 2 is 2.27 bits per heavy atom. The lowest BCUT2D eigenvalue weighted by Gasteiger charge is -2.11. The highest BCUT2D eigenvalue weighted by atomic mass is 16.2. The Balaban J connectivity index is 2.39. The third-order valence-electron chi connectivity index (χ3n) is 1.79. The molecule has 1 atom stereocenters. The zero-order chi connectivity index (χ0) is 11.3. The summed E-state index contributed by atoms with van der Waals surface area (Å²) in [4.78, 5) is 26.1. The highest BCUT2D eigenvalue weighted by Gasteiger charge is 2.13. The molecule has 82 valence electrons. The smallest absolute Gasteiger partial charge is 0.242 e. The molecule has 1 rings (SSSR count). The summed E-state index contributed by atoms with van der Waals surface area (Å²) in [6, 6.07) is -0.550. The number of hydrogen-bond acceptors (Lipinski definition) is 4. The molecule has 7 nitrogen and oxygen atoms in total. The number of hydrogen-bond donors (Lipinski definition) is 2. The first kappa shape index (κ1) is 11.2. The van der Waals surface area contributed by atoms with E-state index in [1.54, 1.807) is 6.92 Å². The number of carbonyl (C=O) groups excluding carboxylic acids is 2. The van der Waals surface area contributed by atoms with E-state index in [0.29, 0.717) is 0 Å². The van der Waals surface area contributed by atoms with E-state index in [0.717, 1.165) is 0 Å². The molecule has 0 radical (unpaired) electrons. The minimum Gasteiger partial charge on any atom is -0.357 e. The molecule has 0 fully saturated rings. The normalized spacial score (nSPS) is 11.9. The standard InChI is InChI=1S/C8H13N5O2/c1-6(8(15)9-2)12-7(14)3-13-5-10-4-11-13/h4-6H,3H2,1-2H3,(H,9,15)(H,12,14)/t6-/m1/s1. The van der Waals surface area contributed by atoms with E-state index >= 15 is 0 Å². The van der Waals surface area contributed by atoms with Gasteiger partial charge in [0.1, 0.15) is 25.2 Å². The minimum atomic E-state index is -0.550. The van der Waals surface area contributed by atoms with Crippen LogP contribution >= 0.6 is 0 Å². The number of nitrogens with one attached hydrogen (secondary N) is 2. The number of likely N-dealkylation sites (N-methyl/N-ethyl adjacent to an activating group) is 1. The predicted molar refractivity (Wildman–Crippen MR) is 51.7 cm³/mol. The van der Waals surface area contributed by atoms with E-state index in [-0.39, 0.29) is 18.4 Å². The van der Waals surface area contributed by atoms with Gasteiger partial charge in [0.2, 0.25) is 11.8 Å². The van der Waals surface area contributed by atoms with Gasteiger partial charge in [0.15, 0.2) is 0 Å². The molecule has 0 bridgehead atoms. The molecule has 0 saturated carbocycles. The maximum atomic E-state index is 11.4. The molecule has 1 aromatic heterocycles. The van der Waals surface area contributed by atoms with Gasteiger partial charge < -0.3 is 10.6 Å². The molecule has 0 aliphatic carbocycles. The number of amides is 2. The second-order valence-corrected chi connectivity index (χ2v) is 3.00. The lowest BCUT2D eigenvalue weighted by molar-refractivity contribution is -0.128. The van der Waals surface area contributed by atoms with E-state index in [1.165, 1.54) is 24.4 Å². The van der Waals surface area contributed by atoms with Gasteiger partial charge in [0.05, 0.1) is 0 Å². The summed E-state index contributed by atoms with van der Waals surface area (Å²) in [6.07, 6.45) is 2.78. The van der Waals surface area contributed by atoms with E-state index in [9.17, 15) is 9.59 Å². The summed E-state index contributed by atoms with van der Waals surface area (Å²) in [5.74, 6) is -0.515. The van der Waals surface area contributed by atoms with Crippen LogP contribution in [0.2, 0.25) is 0 Å². The highest BCUT2D eigenvalue weighted by molar-refractivity contribution is 5.86. The molecule has 0 aliphatic rings. The molecule has 0 spiro atoms. The molecule has 15 heavy (non-hydrogen) atoms. The van der Waals surface area contributed by atoms with E-state index in [1.807, 2.05) is 0 Å². The minimum absolute atomic E-state index is 0.0569. The molecule has 1 heterocycles. The van der Waals surface area contributed by atoms with Crippen LogP contribution in [-0.4, -0.2) is 39.7 Å². The summed E-state index contributed by atoms with van der Waals surface area (Å²) < 4.78 is 1.38. The number of rotatable bonds is 4. The second kappa shape index (κ2) is 5.08. The fourth-order valence-corrected chi connectivity index (χ4v) is 1.03. The van der Waals surface area contributed by atoms with Crippen LogP contribution in [0.25, 0.3) is 0 Å². The summed E-state index contributed by atoms with van der Waals surface area (Å²) >= 11 is 0. The van der Waals surface area contributed by atoms with E-state index < -0.39 is 6.04 Å². The van der Waals surface area contributed by atoms with Crippen LogP contribution in [0.4, 0.5) is 0 Å². The maximum Gasteiger partial charge on any atom is 0.242 e. The molecular formula is C8H13N5O2. The quantitative estimate of drug-likeness (QED) is 0.636. The largest absolute Gasteiger partial charge is 0.357 e. The van der Waals surface area contributed by atoms with Gasteiger partial charge in [-0.1, -0.05) is 0 Å². The van der Waals surface area contributed by atoms with Gasteiger partial charge in [-0.15, -0.1) is 0 Å². The van der Waals surface area contributed by atoms with Crippen molar-refractivity contribution in [1.82, 2.24) is 25.4 Å². The number of carbonyl (C=O) groups is 2. The first-order chi connectivity index (χ1) is 7.13. The molecule has 2 amide bonds. The van der Waals surface area contributed by atoms with Crippen molar-refractivity contribution < 1.29 is 9.59 Å². The van der Waals surface area contributed by atoms with Gasteiger partial charge in [0.25, 0.3) is 0 Å². The Hall–Kier alpha value is -1.92. The van der Waals surface area contributed by atoms with Crippen LogP contribution < -0.4 is 10.6 Å². The molecule has 1 aromatic rings. The van der Waals surface area contributed by atoms with Crippen molar-refractivity contribution in [2.75, 3.05) is 7.05 Å². The second-order valence-electron chi connectivity index (χ2n) is 3.00. The zero-order valence-corrected chi connectivity index (χ0v) is 8.60. The first-order valence-electron chi connectivity index (χ1n) is 4.47. The Labute approximate surface area is 86.9 Å². The monoisotopic (exact) mass is 211 g/mol. The van der Waals surface area contributed by atoms with Gasteiger partial charge in [-0.05, 0) is 6.92 Å².